The van der Waals surface area contributed by atoms with Crippen LogP contribution in [0.4, 0.5) is 0 Å². The molecule has 2 rings (SSSR count). The third-order valence-corrected chi connectivity index (χ3v) is 3.07. The summed E-state index contributed by atoms with van der Waals surface area (Å²) in [7, 11) is 1.47. The molecular weight excluding hydrogens is 276 g/mol. The Morgan fingerprint density at radius 3 is 2.55 bits per heavy atom. The van der Waals surface area contributed by atoms with Gasteiger partial charge in [0.25, 0.3) is 0 Å². The highest BCUT2D eigenvalue weighted by atomic mass is 35.5. The van der Waals surface area contributed by atoms with Crippen LogP contribution < -0.4 is 0 Å². The molecule has 0 spiro atoms. The molecule has 0 heterocycles. The van der Waals surface area contributed by atoms with E-state index in [0.717, 1.165) is 5.56 Å². The summed E-state index contributed by atoms with van der Waals surface area (Å²) in [6.07, 6.45) is 4.94. The van der Waals surface area contributed by atoms with Crippen molar-refractivity contribution in [2.75, 3.05) is 7.11 Å². The van der Waals surface area contributed by atoms with Gasteiger partial charge in [-0.05, 0) is 35.4 Å². The minimum Gasteiger partial charge on any atom is -0.494 e. The summed E-state index contributed by atoms with van der Waals surface area (Å²) < 4.78 is 5.13. The van der Waals surface area contributed by atoms with Crippen LogP contribution in [0.15, 0.2) is 59.0 Å². The second-order valence-electron chi connectivity index (χ2n) is 3.98. The molecule has 0 unspecified atom stereocenters. The van der Waals surface area contributed by atoms with Gasteiger partial charge in [-0.2, -0.15) is 5.26 Å². The van der Waals surface area contributed by atoms with Crippen LogP contribution in [0.1, 0.15) is 5.56 Å². The van der Waals surface area contributed by atoms with Crippen molar-refractivity contribution in [3.05, 3.63) is 64.4 Å². The van der Waals surface area contributed by atoms with Crippen LogP contribution >= 0.6 is 11.6 Å². The van der Waals surface area contributed by atoms with Crippen LogP contribution in [-0.4, -0.2) is 18.0 Å². The first-order valence-electron chi connectivity index (χ1n) is 5.76. The molecule has 0 atom stereocenters. The molecule has 1 aliphatic carbocycles. The maximum Gasteiger partial charge on any atom is 0.148 e. The number of oxime groups is 1. The fraction of sp³-hybridized carbons (Fsp3) is 0.0667. The van der Waals surface area contributed by atoms with Crippen LogP contribution in [0.3, 0.4) is 0 Å². The zero-order valence-corrected chi connectivity index (χ0v) is 11.4. The second-order valence-corrected chi connectivity index (χ2v) is 4.42. The van der Waals surface area contributed by atoms with Gasteiger partial charge < -0.3 is 9.94 Å². The lowest BCUT2D eigenvalue weighted by atomic mass is 9.96. The maximum atomic E-state index is 9.36. The lowest BCUT2D eigenvalue weighted by molar-refractivity contribution is 0.295. The molecule has 100 valence electrons. The van der Waals surface area contributed by atoms with Gasteiger partial charge in [0.05, 0.1) is 12.7 Å². The normalized spacial score (nSPS) is 18.4. The molecule has 4 nitrogen and oxygen atoms in total. The van der Waals surface area contributed by atoms with Gasteiger partial charge in [0.2, 0.25) is 0 Å². The molecule has 0 saturated carbocycles. The average Bonchev–Trinajstić information content (AvgIpc) is 2.49. The van der Waals surface area contributed by atoms with E-state index in [1.165, 1.54) is 7.11 Å². The summed E-state index contributed by atoms with van der Waals surface area (Å²) in [6.45, 7) is 0. The monoisotopic (exact) mass is 286 g/mol. The molecule has 5 heteroatoms. The quantitative estimate of drug-likeness (QED) is 0.514. The van der Waals surface area contributed by atoms with Gasteiger partial charge in [0.1, 0.15) is 17.5 Å². The summed E-state index contributed by atoms with van der Waals surface area (Å²) in [4.78, 5) is 0. The van der Waals surface area contributed by atoms with E-state index in [2.05, 4.69) is 11.2 Å². The third kappa shape index (κ3) is 2.73. The molecule has 1 N–H and O–H groups in total. The molecule has 1 aromatic rings. The minimum absolute atomic E-state index is 0.310. The van der Waals surface area contributed by atoms with Gasteiger partial charge in [-0.3, -0.25) is 0 Å². The number of ether oxygens (including phenoxy) is 1. The Morgan fingerprint density at radius 2 is 2.00 bits per heavy atom. The summed E-state index contributed by atoms with van der Waals surface area (Å²) in [6, 6.07) is 9.17. The number of benzene rings is 1. The molecule has 1 aliphatic rings. The lowest BCUT2D eigenvalue weighted by Crippen LogP contribution is -2.06. The van der Waals surface area contributed by atoms with Gasteiger partial charge in [-0.25, -0.2) is 0 Å². The number of allylic oxidation sites excluding steroid dienone is 5. The average molecular weight is 287 g/mol. The zero-order chi connectivity index (χ0) is 14.5. The van der Waals surface area contributed by atoms with Crippen molar-refractivity contribution in [3.63, 3.8) is 0 Å². The van der Waals surface area contributed by atoms with E-state index in [0.29, 0.717) is 27.6 Å². The SMILES string of the molecule is COC1=CC(=C(\C#N)c2ccc(Cl)cc2)/C=CC/1=N/O. The van der Waals surface area contributed by atoms with E-state index in [4.69, 9.17) is 21.5 Å². The Morgan fingerprint density at radius 1 is 1.30 bits per heavy atom. The van der Waals surface area contributed by atoms with Crippen LogP contribution in [0.2, 0.25) is 5.02 Å². The van der Waals surface area contributed by atoms with Gasteiger partial charge in [-0.1, -0.05) is 35.0 Å². The summed E-state index contributed by atoms with van der Waals surface area (Å²) in [5.74, 6) is 0.395. The number of nitriles is 1. The highest BCUT2D eigenvalue weighted by Crippen LogP contribution is 2.25. The van der Waals surface area contributed by atoms with E-state index in [1.54, 1.807) is 42.5 Å². The van der Waals surface area contributed by atoms with Gasteiger partial charge in [0.15, 0.2) is 0 Å². The molecular formula is C15H11ClN2O2. The molecule has 0 bridgehead atoms. The van der Waals surface area contributed by atoms with Crippen molar-refractivity contribution in [3.8, 4) is 6.07 Å². The number of nitrogens with zero attached hydrogens (tertiary/aromatic N) is 2. The number of halogens is 1. The number of hydrogen-bond donors (Lipinski definition) is 1. The van der Waals surface area contributed by atoms with E-state index in [9.17, 15) is 5.26 Å². The van der Waals surface area contributed by atoms with E-state index in [-0.39, 0.29) is 0 Å². The van der Waals surface area contributed by atoms with E-state index in [1.807, 2.05) is 0 Å². The van der Waals surface area contributed by atoms with Crippen LogP contribution in [0.5, 0.6) is 0 Å². The third-order valence-electron chi connectivity index (χ3n) is 2.82. The largest absolute Gasteiger partial charge is 0.494 e. The van der Waals surface area contributed by atoms with Gasteiger partial charge in [0, 0.05) is 5.02 Å². The van der Waals surface area contributed by atoms with E-state index < -0.39 is 0 Å². The molecule has 0 radical (unpaired) electrons. The highest BCUT2D eigenvalue weighted by molar-refractivity contribution is 6.30. The number of methoxy groups -OCH3 is 1. The Balaban J connectivity index is 2.53. The first-order valence-corrected chi connectivity index (χ1v) is 6.14. The van der Waals surface area contributed by atoms with Crippen molar-refractivity contribution in [2.24, 2.45) is 5.16 Å². The van der Waals surface area contributed by atoms with Crippen molar-refractivity contribution < 1.29 is 9.94 Å². The lowest BCUT2D eigenvalue weighted by Gasteiger charge is -2.11. The van der Waals surface area contributed by atoms with Gasteiger partial charge in [-0.15, -0.1) is 0 Å². The van der Waals surface area contributed by atoms with Crippen LogP contribution in [0.25, 0.3) is 5.57 Å². The first-order chi connectivity index (χ1) is 9.69. The fourth-order valence-electron chi connectivity index (χ4n) is 1.83. The smallest absolute Gasteiger partial charge is 0.148 e. The summed E-state index contributed by atoms with van der Waals surface area (Å²) in [5, 5.41) is 21.9. The predicted octanol–water partition coefficient (Wildman–Crippen LogP) is 3.55. The molecule has 20 heavy (non-hydrogen) atoms. The Bertz CT molecular complexity index is 677. The number of hydrogen-bond acceptors (Lipinski definition) is 4. The van der Waals surface area contributed by atoms with E-state index >= 15 is 0 Å². The fourth-order valence-corrected chi connectivity index (χ4v) is 1.95. The molecule has 0 saturated heterocycles. The second kappa shape index (κ2) is 6.09. The molecule has 0 aliphatic heterocycles. The molecule has 1 aromatic carbocycles. The Hall–Kier alpha value is -2.51. The van der Waals surface area contributed by atoms with Crippen molar-refractivity contribution >= 4 is 22.9 Å². The van der Waals surface area contributed by atoms with Crippen molar-refractivity contribution in [1.29, 1.82) is 5.26 Å². The zero-order valence-electron chi connectivity index (χ0n) is 10.7. The summed E-state index contributed by atoms with van der Waals surface area (Å²) in [5.41, 5.74) is 2.24. The maximum absolute atomic E-state index is 9.36. The molecule has 0 aromatic heterocycles. The van der Waals surface area contributed by atoms with Crippen LogP contribution in [-0.2, 0) is 4.74 Å². The predicted molar refractivity (Wildman–Crippen MR) is 77.4 cm³/mol. The standard InChI is InChI=1S/C15H11ClN2O2/c1-20-15-8-11(4-7-14(15)18-19)13(9-17)10-2-5-12(16)6-3-10/h2-8,19H,1H3/b13-11+,18-14-. The topological polar surface area (TPSA) is 65.6 Å². The number of rotatable bonds is 2. The molecule has 0 amide bonds. The van der Waals surface area contributed by atoms with Gasteiger partial charge >= 0.3 is 0 Å². The Kier molecular flexibility index (Phi) is 4.24. The molecule has 0 fully saturated rings. The van der Waals surface area contributed by atoms with Crippen molar-refractivity contribution in [2.45, 2.75) is 0 Å². The Labute approximate surface area is 121 Å². The minimum atomic E-state index is 0.310. The van der Waals surface area contributed by atoms with Crippen molar-refractivity contribution in [1.82, 2.24) is 0 Å². The summed E-state index contributed by atoms with van der Waals surface area (Å²) >= 11 is 5.84. The first kappa shape index (κ1) is 13.9. The van der Waals surface area contributed by atoms with Crippen LogP contribution in [0, 0.1) is 11.3 Å². The highest BCUT2D eigenvalue weighted by Gasteiger charge is 2.14.